The molecule has 0 spiro atoms. The Bertz CT molecular complexity index is 785. The molecule has 2 aliphatic rings. The summed E-state index contributed by atoms with van der Waals surface area (Å²) in [5.74, 6) is 0.364. The van der Waals surface area contributed by atoms with Crippen LogP contribution in [0.4, 0.5) is 11.5 Å². The molecule has 0 radical (unpaired) electrons. The van der Waals surface area contributed by atoms with E-state index in [1.807, 2.05) is 42.2 Å². The largest absolute Gasteiger partial charge is 0.372 e. The molecule has 2 aromatic rings. The molecule has 3 heterocycles. The topological polar surface area (TPSA) is 67.3 Å². The maximum atomic E-state index is 12.6. The molecule has 1 aromatic heterocycles. The molecule has 7 heteroatoms. The average molecular weight is 345 g/mol. The number of fused-ring (bicyclic) bond motifs is 3. The Kier molecular flexibility index (Phi) is 3.66. The first-order valence-corrected chi connectivity index (χ1v) is 8.22. The third-order valence-electron chi connectivity index (χ3n) is 4.69. The highest BCUT2D eigenvalue weighted by Crippen LogP contribution is 2.43. The molecule has 1 N–H and O–H groups in total. The number of nitrogens with zero attached hydrogens (tertiary/aromatic N) is 3. The van der Waals surface area contributed by atoms with Crippen LogP contribution in [0.1, 0.15) is 18.9 Å². The lowest BCUT2D eigenvalue weighted by Crippen LogP contribution is -2.54. The summed E-state index contributed by atoms with van der Waals surface area (Å²) in [7, 11) is 0. The average Bonchev–Trinajstić information content (AvgIpc) is 2.94. The van der Waals surface area contributed by atoms with Crippen LogP contribution in [0.25, 0.3) is 0 Å². The highest BCUT2D eigenvalue weighted by atomic mass is 35.5. The molecule has 0 bridgehead atoms. The maximum absolute atomic E-state index is 12.6. The van der Waals surface area contributed by atoms with E-state index in [1.54, 1.807) is 6.07 Å². The molecule has 1 saturated heterocycles. The van der Waals surface area contributed by atoms with E-state index in [1.165, 1.54) is 0 Å². The lowest BCUT2D eigenvalue weighted by atomic mass is 9.94. The number of hydrogen-bond acceptors (Lipinski definition) is 5. The fourth-order valence-electron chi connectivity index (χ4n) is 3.40. The zero-order valence-corrected chi connectivity index (χ0v) is 14.0. The maximum Gasteiger partial charge on any atom is 0.251 e. The van der Waals surface area contributed by atoms with Crippen LogP contribution in [0, 0.1) is 0 Å². The van der Waals surface area contributed by atoms with Gasteiger partial charge < -0.3 is 15.0 Å². The Balaban J connectivity index is 1.56. The van der Waals surface area contributed by atoms with Crippen molar-refractivity contribution in [1.82, 2.24) is 10.2 Å². The summed E-state index contributed by atoms with van der Waals surface area (Å²) < 4.78 is 6.05. The van der Waals surface area contributed by atoms with E-state index in [0.29, 0.717) is 30.5 Å². The van der Waals surface area contributed by atoms with E-state index < -0.39 is 5.54 Å². The third kappa shape index (κ3) is 2.52. The first kappa shape index (κ1) is 15.4. The van der Waals surface area contributed by atoms with Gasteiger partial charge in [0.2, 0.25) is 0 Å². The number of halogens is 1. The first-order valence-electron chi connectivity index (χ1n) is 7.84. The summed E-state index contributed by atoms with van der Waals surface area (Å²) in [6.45, 7) is 3.07. The smallest absolute Gasteiger partial charge is 0.251 e. The van der Waals surface area contributed by atoms with Gasteiger partial charge in [0.15, 0.2) is 11.0 Å². The number of carbonyl (C=O) groups is 1. The van der Waals surface area contributed by atoms with Gasteiger partial charge in [0.1, 0.15) is 5.54 Å². The number of nitrogens with one attached hydrogen (secondary N) is 1. The Labute approximate surface area is 144 Å². The zero-order chi connectivity index (χ0) is 16.7. The summed E-state index contributed by atoms with van der Waals surface area (Å²) in [5.41, 5.74) is 1.25. The highest BCUT2D eigenvalue weighted by Gasteiger charge is 2.51. The molecular formula is C17H17ClN4O2. The summed E-state index contributed by atoms with van der Waals surface area (Å²) in [4.78, 5) is 14.6. The lowest BCUT2D eigenvalue weighted by Gasteiger charge is -2.39. The molecule has 1 aromatic carbocycles. The number of benzene rings is 1. The van der Waals surface area contributed by atoms with Crippen LogP contribution < -0.4 is 10.2 Å². The minimum absolute atomic E-state index is 0.0427. The van der Waals surface area contributed by atoms with E-state index in [4.69, 9.17) is 16.3 Å². The van der Waals surface area contributed by atoms with E-state index in [-0.39, 0.29) is 12.0 Å². The summed E-state index contributed by atoms with van der Waals surface area (Å²) >= 11 is 5.98. The predicted molar refractivity (Wildman–Crippen MR) is 91.1 cm³/mol. The molecule has 1 amide bonds. The van der Waals surface area contributed by atoms with E-state index in [2.05, 4.69) is 15.5 Å². The van der Waals surface area contributed by atoms with Crippen LogP contribution in [0.5, 0.6) is 0 Å². The number of carbonyl (C=O) groups excluding carboxylic acids is 1. The van der Waals surface area contributed by atoms with Crippen LogP contribution >= 0.6 is 11.6 Å². The number of hydrogen-bond donors (Lipinski definition) is 1. The molecule has 4 rings (SSSR count). The summed E-state index contributed by atoms with van der Waals surface area (Å²) in [6, 6.07) is 11.8. The normalized spacial score (nSPS) is 25.2. The van der Waals surface area contributed by atoms with Crippen molar-refractivity contribution in [2.75, 3.05) is 16.8 Å². The second kappa shape index (κ2) is 5.72. The Hall–Kier alpha value is -2.18. The fourth-order valence-corrected chi connectivity index (χ4v) is 3.54. The molecule has 124 valence electrons. The third-order valence-corrected chi connectivity index (χ3v) is 4.88. The van der Waals surface area contributed by atoms with Gasteiger partial charge in [-0.1, -0.05) is 41.9 Å². The summed E-state index contributed by atoms with van der Waals surface area (Å²) in [5, 5.41) is 10.9. The van der Waals surface area contributed by atoms with E-state index >= 15 is 0 Å². The monoisotopic (exact) mass is 344 g/mol. The van der Waals surface area contributed by atoms with Gasteiger partial charge in [-0.05, 0) is 12.5 Å². The Morgan fingerprint density at radius 2 is 2.17 bits per heavy atom. The van der Waals surface area contributed by atoms with Gasteiger partial charge in [0.05, 0.1) is 18.4 Å². The molecule has 1 fully saturated rings. The van der Waals surface area contributed by atoms with Gasteiger partial charge in [-0.25, -0.2) is 0 Å². The second-order valence-electron chi connectivity index (χ2n) is 6.36. The van der Waals surface area contributed by atoms with Crippen LogP contribution in [0.3, 0.4) is 0 Å². The van der Waals surface area contributed by atoms with Crippen molar-refractivity contribution < 1.29 is 9.53 Å². The van der Waals surface area contributed by atoms with E-state index in [0.717, 1.165) is 11.3 Å². The Morgan fingerprint density at radius 1 is 1.38 bits per heavy atom. The highest BCUT2D eigenvalue weighted by molar-refractivity contribution is 6.29. The van der Waals surface area contributed by atoms with Crippen molar-refractivity contribution in [1.29, 1.82) is 0 Å². The van der Waals surface area contributed by atoms with Gasteiger partial charge in [-0.15, -0.1) is 10.2 Å². The van der Waals surface area contributed by atoms with Crippen molar-refractivity contribution in [2.24, 2.45) is 0 Å². The lowest BCUT2D eigenvalue weighted by molar-refractivity contribution is -0.121. The van der Waals surface area contributed by atoms with Gasteiger partial charge >= 0.3 is 0 Å². The number of ether oxygens (including phenoxy) is 1. The van der Waals surface area contributed by atoms with Crippen LogP contribution in [-0.2, 0) is 16.1 Å². The molecule has 24 heavy (non-hydrogen) atoms. The van der Waals surface area contributed by atoms with Gasteiger partial charge in [0, 0.05) is 19.0 Å². The minimum Gasteiger partial charge on any atom is -0.372 e. The number of anilines is 2. The standard InChI is InChI=1S/C17H17ClN4O2/c1-17-8-12(24-10-11-5-3-2-4-6-11)9-22(17)13-7-14(18)20-21-15(13)19-16(17)23/h2-7,12H,8-10H2,1H3,(H,19,21,23)/t12-,17-/m1/s1. The number of aromatic nitrogens is 2. The molecule has 2 atom stereocenters. The van der Waals surface area contributed by atoms with Crippen LogP contribution in [0.2, 0.25) is 5.15 Å². The minimum atomic E-state index is -0.666. The molecule has 0 aliphatic carbocycles. The summed E-state index contributed by atoms with van der Waals surface area (Å²) in [6.07, 6.45) is 0.573. The van der Waals surface area contributed by atoms with Gasteiger partial charge in [-0.2, -0.15) is 0 Å². The molecule has 0 saturated carbocycles. The second-order valence-corrected chi connectivity index (χ2v) is 6.75. The quantitative estimate of drug-likeness (QED) is 0.927. The van der Waals surface area contributed by atoms with Crippen molar-refractivity contribution in [3.63, 3.8) is 0 Å². The van der Waals surface area contributed by atoms with Crippen molar-refractivity contribution >= 4 is 29.0 Å². The molecule has 2 aliphatic heterocycles. The molecule has 6 nitrogen and oxygen atoms in total. The SMILES string of the molecule is C[C@]12C[C@@H](OCc3ccccc3)CN1c1cc(Cl)nnc1NC2=O. The van der Waals surface area contributed by atoms with Crippen molar-refractivity contribution in [3.8, 4) is 0 Å². The van der Waals surface area contributed by atoms with Crippen LogP contribution in [0.15, 0.2) is 36.4 Å². The van der Waals surface area contributed by atoms with Gasteiger partial charge in [0.25, 0.3) is 5.91 Å². The Morgan fingerprint density at radius 3 is 2.96 bits per heavy atom. The van der Waals surface area contributed by atoms with Crippen molar-refractivity contribution in [3.05, 3.63) is 47.1 Å². The predicted octanol–water partition coefficient (Wildman–Crippen LogP) is 2.64. The van der Waals surface area contributed by atoms with Crippen LogP contribution in [-0.4, -0.2) is 34.3 Å². The first-order chi connectivity index (χ1) is 11.6. The number of rotatable bonds is 3. The fraction of sp³-hybridized carbons (Fsp3) is 0.353. The van der Waals surface area contributed by atoms with Gasteiger partial charge in [-0.3, -0.25) is 4.79 Å². The zero-order valence-electron chi connectivity index (χ0n) is 13.2. The molecule has 0 unspecified atom stereocenters. The molecular weight excluding hydrogens is 328 g/mol. The number of amides is 1. The van der Waals surface area contributed by atoms with Crippen molar-refractivity contribution in [2.45, 2.75) is 31.6 Å². The van der Waals surface area contributed by atoms with E-state index in [9.17, 15) is 4.79 Å².